The van der Waals surface area contributed by atoms with Gasteiger partial charge in [-0.25, -0.2) is 4.98 Å². The van der Waals surface area contributed by atoms with E-state index in [2.05, 4.69) is 24.1 Å². The van der Waals surface area contributed by atoms with Crippen LogP contribution in [0.5, 0.6) is 0 Å². The van der Waals surface area contributed by atoms with Gasteiger partial charge < -0.3 is 15.0 Å². The third kappa shape index (κ3) is 4.49. The van der Waals surface area contributed by atoms with Gasteiger partial charge in [-0.2, -0.15) is 0 Å². The van der Waals surface area contributed by atoms with Crippen LogP contribution in [-0.2, 0) is 17.9 Å². The second-order valence-electron chi connectivity index (χ2n) is 5.75. The standard InChI is InChI=1S/C13H23N3O2/c1-10(2)5-14-6-11-7-16(9-15-11)8-13(3,4)12(17)18/h7,9-10,14H,5-6,8H2,1-4H3,(H,17,18). The highest BCUT2D eigenvalue weighted by Gasteiger charge is 2.27. The molecular formula is C13H23N3O2. The zero-order valence-electron chi connectivity index (χ0n) is 11.6. The van der Waals surface area contributed by atoms with Crippen molar-refractivity contribution in [3.63, 3.8) is 0 Å². The molecule has 0 bridgehead atoms. The van der Waals surface area contributed by atoms with Crippen LogP contribution < -0.4 is 5.32 Å². The van der Waals surface area contributed by atoms with E-state index in [1.807, 2.05) is 10.8 Å². The number of hydrogen-bond acceptors (Lipinski definition) is 3. The summed E-state index contributed by atoms with van der Waals surface area (Å²) >= 11 is 0. The fourth-order valence-corrected chi connectivity index (χ4v) is 1.60. The van der Waals surface area contributed by atoms with Crippen LogP contribution in [-0.4, -0.2) is 27.2 Å². The van der Waals surface area contributed by atoms with E-state index in [4.69, 9.17) is 5.11 Å². The van der Waals surface area contributed by atoms with Crippen molar-refractivity contribution in [3.8, 4) is 0 Å². The van der Waals surface area contributed by atoms with Gasteiger partial charge >= 0.3 is 5.97 Å². The first-order valence-corrected chi connectivity index (χ1v) is 6.26. The summed E-state index contributed by atoms with van der Waals surface area (Å²) in [6, 6.07) is 0. The van der Waals surface area contributed by atoms with E-state index in [0.717, 1.165) is 18.8 Å². The van der Waals surface area contributed by atoms with Gasteiger partial charge in [0, 0.05) is 19.3 Å². The van der Waals surface area contributed by atoms with Gasteiger partial charge in [0.2, 0.25) is 0 Å². The van der Waals surface area contributed by atoms with Gasteiger partial charge in [0.1, 0.15) is 0 Å². The fourth-order valence-electron chi connectivity index (χ4n) is 1.60. The van der Waals surface area contributed by atoms with Crippen molar-refractivity contribution >= 4 is 5.97 Å². The number of nitrogens with one attached hydrogen (secondary N) is 1. The zero-order valence-corrected chi connectivity index (χ0v) is 11.6. The van der Waals surface area contributed by atoms with Gasteiger partial charge in [0.15, 0.2) is 0 Å². The molecule has 1 heterocycles. The molecule has 0 saturated carbocycles. The number of carbonyl (C=O) groups is 1. The first kappa shape index (κ1) is 14.7. The number of aromatic nitrogens is 2. The molecule has 1 aromatic heterocycles. The lowest BCUT2D eigenvalue weighted by molar-refractivity contribution is -0.147. The highest BCUT2D eigenvalue weighted by Crippen LogP contribution is 2.18. The van der Waals surface area contributed by atoms with Crippen LogP contribution >= 0.6 is 0 Å². The zero-order chi connectivity index (χ0) is 13.8. The summed E-state index contributed by atoms with van der Waals surface area (Å²) in [7, 11) is 0. The Labute approximate surface area is 108 Å². The smallest absolute Gasteiger partial charge is 0.310 e. The first-order chi connectivity index (χ1) is 8.31. The highest BCUT2D eigenvalue weighted by atomic mass is 16.4. The lowest BCUT2D eigenvalue weighted by Gasteiger charge is -2.19. The molecule has 1 rings (SSSR count). The van der Waals surface area contributed by atoms with E-state index in [1.54, 1.807) is 20.2 Å². The molecule has 0 unspecified atom stereocenters. The molecule has 0 radical (unpaired) electrons. The van der Waals surface area contributed by atoms with Crippen molar-refractivity contribution < 1.29 is 9.90 Å². The highest BCUT2D eigenvalue weighted by molar-refractivity contribution is 5.73. The van der Waals surface area contributed by atoms with Crippen molar-refractivity contribution in [2.24, 2.45) is 11.3 Å². The Morgan fingerprint density at radius 3 is 2.78 bits per heavy atom. The normalized spacial score (nSPS) is 12.1. The third-order valence-electron chi connectivity index (χ3n) is 2.70. The van der Waals surface area contributed by atoms with E-state index < -0.39 is 11.4 Å². The monoisotopic (exact) mass is 253 g/mol. The van der Waals surface area contributed by atoms with Gasteiger partial charge in [0.05, 0.1) is 17.4 Å². The predicted molar refractivity (Wildman–Crippen MR) is 70.2 cm³/mol. The molecule has 1 aromatic rings. The van der Waals surface area contributed by atoms with E-state index in [-0.39, 0.29) is 0 Å². The number of aliphatic carboxylic acids is 1. The summed E-state index contributed by atoms with van der Waals surface area (Å²) in [4.78, 5) is 15.3. The predicted octanol–water partition coefficient (Wildman–Crippen LogP) is 1.74. The molecule has 0 amide bonds. The molecule has 5 heteroatoms. The second kappa shape index (κ2) is 6.00. The number of carboxylic acid groups (broad SMARTS) is 1. The average Bonchev–Trinajstić information content (AvgIpc) is 2.64. The fraction of sp³-hybridized carbons (Fsp3) is 0.692. The number of imidazole rings is 1. The van der Waals surface area contributed by atoms with Crippen molar-refractivity contribution in [2.75, 3.05) is 6.54 Å². The molecule has 0 atom stereocenters. The van der Waals surface area contributed by atoms with Crippen LogP contribution in [0.1, 0.15) is 33.4 Å². The minimum atomic E-state index is -0.796. The lowest BCUT2D eigenvalue weighted by atomic mass is 9.94. The molecular weight excluding hydrogens is 230 g/mol. The Hall–Kier alpha value is -1.36. The van der Waals surface area contributed by atoms with Crippen molar-refractivity contribution in [3.05, 3.63) is 18.2 Å². The van der Waals surface area contributed by atoms with Crippen LogP contribution in [0.4, 0.5) is 0 Å². The summed E-state index contributed by atoms with van der Waals surface area (Å²) in [5, 5.41) is 12.4. The van der Waals surface area contributed by atoms with E-state index >= 15 is 0 Å². The van der Waals surface area contributed by atoms with Crippen molar-refractivity contribution in [1.29, 1.82) is 0 Å². The third-order valence-corrected chi connectivity index (χ3v) is 2.70. The molecule has 2 N–H and O–H groups in total. The molecule has 0 aliphatic heterocycles. The quantitative estimate of drug-likeness (QED) is 0.776. The minimum Gasteiger partial charge on any atom is -0.481 e. The topological polar surface area (TPSA) is 67.2 Å². The maximum Gasteiger partial charge on any atom is 0.310 e. The number of carboxylic acids is 1. The van der Waals surface area contributed by atoms with Gasteiger partial charge in [-0.15, -0.1) is 0 Å². The maximum absolute atomic E-state index is 11.0. The van der Waals surface area contributed by atoms with Crippen LogP contribution in [0.15, 0.2) is 12.5 Å². The van der Waals surface area contributed by atoms with Gasteiger partial charge in [-0.05, 0) is 26.3 Å². The van der Waals surface area contributed by atoms with E-state index in [9.17, 15) is 4.79 Å². The number of rotatable bonds is 7. The molecule has 0 aromatic carbocycles. The maximum atomic E-state index is 11.0. The summed E-state index contributed by atoms with van der Waals surface area (Å²) in [5.41, 5.74) is 0.167. The molecule has 0 aliphatic carbocycles. The van der Waals surface area contributed by atoms with Crippen molar-refractivity contribution in [2.45, 2.75) is 40.8 Å². The number of hydrogen-bond donors (Lipinski definition) is 2. The van der Waals surface area contributed by atoms with Crippen LogP contribution in [0.2, 0.25) is 0 Å². The molecule has 0 aliphatic rings. The minimum absolute atomic E-state index is 0.430. The summed E-state index contributed by atoms with van der Waals surface area (Å²) in [6.07, 6.45) is 3.59. The lowest BCUT2D eigenvalue weighted by Crippen LogP contribution is -2.28. The largest absolute Gasteiger partial charge is 0.481 e. The van der Waals surface area contributed by atoms with Gasteiger partial charge in [-0.1, -0.05) is 13.8 Å². The van der Waals surface area contributed by atoms with Crippen LogP contribution in [0.25, 0.3) is 0 Å². The summed E-state index contributed by atoms with van der Waals surface area (Å²) in [5.74, 6) is -0.186. The van der Waals surface area contributed by atoms with Crippen molar-refractivity contribution in [1.82, 2.24) is 14.9 Å². The molecule has 0 fully saturated rings. The van der Waals surface area contributed by atoms with Crippen LogP contribution in [0, 0.1) is 11.3 Å². The SMILES string of the molecule is CC(C)CNCc1cn(CC(C)(C)C(=O)O)cn1. The van der Waals surface area contributed by atoms with Gasteiger partial charge in [0.25, 0.3) is 0 Å². The van der Waals surface area contributed by atoms with E-state index in [0.29, 0.717) is 12.5 Å². The average molecular weight is 253 g/mol. The Bertz CT molecular complexity index is 397. The molecule has 102 valence electrons. The molecule has 0 spiro atoms. The van der Waals surface area contributed by atoms with Crippen LogP contribution in [0.3, 0.4) is 0 Å². The Morgan fingerprint density at radius 1 is 1.56 bits per heavy atom. The Balaban J connectivity index is 2.51. The van der Waals surface area contributed by atoms with E-state index in [1.165, 1.54) is 0 Å². The number of nitrogens with zero attached hydrogens (tertiary/aromatic N) is 2. The molecule has 5 nitrogen and oxygen atoms in total. The molecule has 18 heavy (non-hydrogen) atoms. The second-order valence-corrected chi connectivity index (χ2v) is 5.75. The molecule has 0 saturated heterocycles. The van der Waals surface area contributed by atoms with Gasteiger partial charge in [-0.3, -0.25) is 4.79 Å². The summed E-state index contributed by atoms with van der Waals surface area (Å²) in [6.45, 7) is 9.84. The first-order valence-electron chi connectivity index (χ1n) is 6.26. The summed E-state index contributed by atoms with van der Waals surface area (Å²) < 4.78 is 1.83. The Kier molecular flexibility index (Phi) is 4.90. The Morgan fingerprint density at radius 2 is 2.22 bits per heavy atom.